The molecule has 0 fully saturated rings. The van der Waals surface area contributed by atoms with Crippen LogP contribution < -0.4 is 5.73 Å². The Bertz CT molecular complexity index is 1290. The van der Waals surface area contributed by atoms with Gasteiger partial charge in [0, 0.05) is 11.3 Å². The molecule has 0 atom stereocenters. The van der Waals surface area contributed by atoms with E-state index < -0.39 is 24.3 Å². The zero-order chi connectivity index (χ0) is 22.3. The predicted molar refractivity (Wildman–Crippen MR) is 112 cm³/mol. The van der Waals surface area contributed by atoms with Crippen LogP contribution in [0.25, 0.3) is 15.8 Å². The fourth-order valence-electron chi connectivity index (χ4n) is 3.64. The molecule has 0 unspecified atom stereocenters. The largest absolute Gasteiger partial charge is 0.416 e. The van der Waals surface area contributed by atoms with E-state index in [1.165, 1.54) is 17.4 Å². The van der Waals surface area contributed by atoms with Crippen LogP contribution in [-0.2, 0) is 19.2 Å². The van der Waals surface area contributed by atoms with Crippen molar-refractivity contribution in [3.63, 3.8) is 0 Å². The Kier molecular flexibility index (Phi) is 5.32. The molecule has 9 heteroatoms. The summed E-state index contributed by atoms with van der Waals surface area (Å²) in [5.41, 5.74) is 6.94. The van der Waals surface area contributed by atoms with Crippen LogP contribution in [0.3, 0.4) is 0 Å². The van der Waals surface area contributed by atoms with Crippen molar-refractivity contribution in [2.45, 2.75) is 26.1 Å². The standard InChI is InChI=1S/C22H18F3N3O2S/c1-12-19(21(26)30)17(11-29)27-28(12)18-7-3-5-14-10-16(31-20(14)18)9-13-4-2-6-15(8-13)22(23,24)25/h2-8,10,29H,9,11H2,1H3,(H2,26,30). The summed E-state index contributed by atoms with van der Waals surface area (Å²) in [4.78, 5) is 12.7. The van der Waals surface area contributed by atoms with Gasteiger partial charge < -0.3 is 10.8 Å². The molecule has 2 aromatic carbocycles. The Morgan fingerprint density at radius 2 is 1.94 bits per heavy atom. The van der Waals surface area contributed by atoms with Gasteiger partial charge >= 0.3 is 6.18 Å². The van der Waals surface area contributed by atoms with Crippen LogP contribution in [0, 0.1) is 6.92 Å². The number of amides is 1. The molecular formula is C22H18F3N3O2S. The number of benzene rings is 2. The molecule has 2 aromatic heterocycles. The molecule has 1 amide bonds. The number of hydrogen-bond donors (Lipinski definition) is 2. The van der Waals surface area contributed by atoms with E-state index in [0.717, 1.165) is 27.1 Å². The molecule has 0 aliphatic carbocycles. The number of nitrogens with zero attached hydrogens (tertiary/aromatic N) is 2. The van der Waals surface area contributed by atoms with Crippen molar-refractivity contribution in [3.05, 3.63) is 81.5 Å². The fourth-order valence-corrected chi connectivity index (χ4v) is 4.83. The Hall–Kier alpha value is -3.17. The van der Waals surface area contributed by atoms with E-state index in [9.17, 15) is 23.1 Å². The molecule has 4 aromatic rings. The summed E-state index contributed by atoms with van der Waals surface area (Å²) >= 11 is 1.45. The molecule has 3 N–H and O–H groups in total. The summed E-state index contributed by atoms with van der Waals surface area (Å²) in [7, 11) is 0. The van der Waals surface area contributed by atoms with E-state index >= 15 is 0 Å². The summed E-state index contributed by atoms with van der Waals surface area (Å²) in [5, 5.41) is 14.8. The quantitative estimate of drug-likeness (QED) is 0.471. The molecule has 0 aliphatic rings. The van der Waals surface area contributed by atoms with Gasteiger partial charge in [0.15, 0.2) is 0 Å². The van der Waals surface area contributed by atoms with Gasteiger partial charge in [-0.3, -0.25) is 4.79 Å². The van der Waals surface area contributed by atoms with Crippen molar-refractivity contribution in [1.82, 2.24) is 9.78 Å². The average Bonchev–Trinajstić information content (AvgIpc) is 3.27. The molecule has 0 saturated carbocycles. The van der Waals surface area contributed by atoms with E-state index in [-0.39, 0.29) is 11.3 Å². The Labute approximate surface area is 179 Å². The number of aliphatic hydroxyl groups is 1. The number of primary amides is 1. The fraction of sp³-hybridized carbons (Fsp3) is 0.182. The second kappa shape index (κ2) is 7.82. The van der Waals surface area contributed by atoms with Gasteiger partial charge in [-0.1, -0.05) is 30.3 Å². The van der Waals surface area contributed by atoms with Gasteiger partial charge in [0.1, 0.15) is 5.69 Å². The van der Waals surface area contributed by atoms with E-state index in [4.69, 9.17) is 5.73 Å². The summed E-state index contributed by atoms with van der Waals surface area (Å²) in [6, 6.07) is 12.8. The number of aromatic nitrogens is 2. The lowest BCUT2D eigenvalue weighted by molar-refractivity contribution is -0.137. The Morgan fingerprint density at radius 1 is 1.19 bits per heavy atom. The molecule has 0 aliphatic heterocycles. The van der Waals surface area contributed by atoms with Gasteiger partial charge in [-0.15, -0.1) is 11.3 Å². The van der Waals surface area contributed by atoms with Crippen molar-refractivity contribution in [2.24, 2.45) is 5.73 Å². The van der Waals surface area contributed by atoms with Crippen LogP contribution in [0.4, 0.5) is 13.2 Å². The lowest BCUT2D eigenvalue weighted by Gasteiger charge is -2.08. The zero-order valence-corrected chi connectivity index (χ0v) is 17.2. The number of carbonyl (C=O) groups is 1. The van der Waals surface area contributed by atoms with Gasteiger partial charge in [-0.05, 0) is 36.1 Å². The summed E-state index contributed by atoms with van der Waals surface area (Å²) in [6.07, 6.45) is -4.03. The highest BCUT2D eigenvalue weighted by molar-refractivity contribution is 7.19. The maximum absolute atomic E-state index is 13.0. The topological polar surface area (TPSA) is 81.1 Å². The minimum Gasteiger partial charge on any atom is -0.390 e. The molecular weight excluding hydrogens is 427 g/mol. The molecule has 0 radical (unpaired) electrons. The number of hydrogen-bond acceptors (Lipinski definition) is 4. The highest BCUT2D eigenvalue weighted by atomic mass is 32.1. The monoisotopic (exact) mass is 445 g/mol. The smallest absolute Gasteiger partial charge is 0.390 e. The van der Waals surface area contributed by atoms with Crippen LogP contribution in [-0.4, -0.2) is 20.8 Å². The summed E-state index contributed by atoms with van der Waals surface area (Å²) in [6.45, 7) is 1.27. The average molecular weight is 445 g/mol. The molecule has 0 saturated heterocycles. The molecule has 0 spiro atoms. The molecule has 160 valence electrons. The van der Waals surface area contributed by atoms with Crippen LogP contribution in [0.15, 0.2) is 48.5 Å². The first-order valence-electron chi connectivity index (χ1n) is 9.36. The van der Waals surface area contributed by atoms with Crippen LogP contribution in [0.5, 0.6) is 0 Å². The zero-order valence-electron chi connectivity index (χ0n) is 16.4. The van der Waals surface area contributed by atoms with E-state index in [1.54, 1.807) is 17.7 Å². The normalized spacial score (nSPS) is 11.9. The highest BCUT2D eigenvalue weighted by Crippen LogP contribution is 2.34. The molecule has 5 nitrogen and oxygen atoms in total. The van der Waals surface area contributed by atoms with Gasteiger partial charge in [0.2, 0.25) is 0 Å². The third-order valence-electron chi connectivity index (χ3n) is 5.02. The second-order valence-corrected chi connectivity index (χ2v) is 8.26. The first-order valence-corrected chi connectivity index (χ1v) is 10.2. The molecule has 0 bridgehead atoms. The van der Waals surface area contributed by atoms with Gasteiger partial charge in [0.25, 0.3) is 5.91 Å². The number of alkyl halides is 3. The highest BCUT2D eigenvalue weighted by Gasteiger charge is 2.30. The maximum atomic E-state index is 13.0. The lowest BCUT2D eigenvalue weighted by Crippen LogP contribution is -2.14. The van der Waals surface area contributed by atoms with Crippen molar-refractivity contribution >= 4 is 27.3 Å². The number of fused-ring (bicyclic) bond motifs is 1. The van der Waals surface area contributed by atoms with Gasteiger partial charge in [-0.2, -0.15) is 18.3 Å². The van der Waals surface area contributed by atoms with E-state index in [2.05, 4.69) is 5.10 Å². The van der Waals surface area contributed by atoms with Crippen molar-refractivity contribution in [3.8, 4) is 5.69 Å². The third-order valence-corrected chi connectivity index (χ3v) is 6.19. The van der Waals surface area contributed by atoms with Crippen molar-refractivity contribution in [2.75, 3.05) is 0 Å². The van der Waals surface area contributed by atoms with Gasteiger partial charge in [-0.25, -0.2) is 4.68 Å². The lowest BCUT2D eigenvalue weighted by atomic mass is 10.1. The van der Waals surface area contributed by atoms with Crippen molar-refractivity contribution in [1.29, 1.82) is 0 Å². The summed E-state index contributed by atoms with van der Waals surface area (Å²) < 4.78 is 41.5. The molecule has 4 rings (SSSR count). The number of nitrogens with two attached hydrogens (primary N) is 1. The van der Waals surface area contributed by atoms with E-state index in [1.807, 2.05) is 24.3 Å². The Morgan fingerprint density at radius 3 is 2.58 bits per heavy atom. The maximum Gasteiger partial charge on any atom is 0.416 e. The first-order chi connectivity index (χ1) is 14.7. The number of halogens is 3. The van der Waals surface area contributed by atoms with Crippen LogP contribution in [0.1, 0.15) is 37.7 Å². The van der Waals surface area contributed by atoms with Crippen LogP contribution in [0.2, 0.25) is 0 Å². The minimum absolute atomic E-state index is 0.181. The van der Waals surface area contributed by atoms with E-state index in [0.29, 0.717) is 23.4 Å². The Balaban J connectivity index is 1.76. The number of thiophene rings is 1. The second-order valence-electron chi connectivity index (χ2n) is 7.12. The van der Waals surface area contributed by atoms with Crippen molar-refractivity contribution < 1.29 is 23.1 Å². The predicted octanol–water partition coefficient (Wildman–Crippen LogP) is 4.60. The SMILES string of the molecule is Cc1c(C(N)=O)c(CO)nn1-c1cccc2cc(Cc3cccc(C(F)(F)F)c3)sc12. The molecule has 2 heterocycles. The van der Waals surface area contributed by atoms with Crippen LogP contribution >= 0.6 is 11.3 Å². The van der Waals surface area contributed by atoms with Gasteiger partial charge in [0.05, 0.1) is 33.8 Å². The number of rotatable bonds is 5. The number of carbonyl (C=O) groups excluding carboxylic acids is 1. The number of aliphatic hydroxyl groups excluding tert-OH is 1. The first kappa shape index (κ1) is 21.1. The minimum atomic E-state index is -4.39. The third kappa shape index (κ3) is 3.94. The summed E-state index contributed by atoms with van der Waals surface area (Å²) in [5.74, 6) is -0.670. The molecule has 31 heavy (non-hydrogen) atoms.